The van der Waals surface area contributed by atoms with Crippen molar-refractivity contribution in [3.05, 3.63) is 21.0 Å². The zero-order chi connectivity index (χ0) is 14.4. The molecule has 0 unspecified atom stereocenters. The van der Waals surface area contributed by atoms with Gasteiger partial charge in [-0.05, 0) is 41.7 Å². The van der Waals surface area contributed by atoms with Crippen LogP contribution in [-0.2, 0) is 11.3 Å². The van der Waals surface area contributed by atoms with Crippen LogP contribution in [0.3, 0.4) is 0 Å². The first-order chi connectivity index (χ1) is 9.72. The normalized spacial score (nSPS) is 18.4. The molecule has 0 spiro atoms. The van der Waals surface area contributed by atoms with Crippen molar-refractivity contribution in [2.24, 2.45) is 0 Å². The molecule has 1 saturated heterocycles. The fourth-order valence-electron chi connectivity index (χ4n) is 2.31. The molecule has 2 N–H and O–H groups in total. The van der Waals surface area contributed by atoms with Gasteiger partial charge in [0, 0.05) is 19.7 Å². The van der Waals surface area contributed by atoms with Crippen molar-refractivity contribution >= 4 is 21.6 Å². The molecule has 1 aromatic heterocycles. The van der Waals surface area contributed by atoms with E-state index >= 15 is 0 Å². The maximum Gasteiger partial charge on any atom is 0.283 e. The second-order valence-electron chi connectivity index (χ2n) is 4.90. The van der Waals surface area contributed by atoms with E-state index in [1.54, 1.807) is 13.3 Å². The van der Waals surface area contributed by atoms with Crippen LogP contribution >= 0.6 is 15.9 Å². The predicted octanol–water partition coefficient (Wildman–Crippen LogP) is 1.21. The highest BCUT2D eigenvalue weighted by molar-refractivity contribution is 9.10. The molecule has 0 saturated carbocycles. The first-order valence-corrected chi connectivity index (χ1v) is 7.73. The van der Waals surface area contributed by atoms with Crippen molar-refractivity contribution in [3.8, 4) is 0 Å². The van der Waals surface area contributed by atoms with Gasteiger partial charge in [-0.15, -0.1) is 0 Å². The number of nitrogens with one attached hydrogen (secondary N) is 2. The molecule has 0 bridgehead atoms. The molecule has 1 fully saturated rings. The van der Waals surface area contributed by atoms with Gasteiger partial charge in [0.15, 0.2) is 0 Å². The number of halogens is 1. The van der Waals surface area contributed by atoms with Crippen LogP contribution in [-0.4, -0.2) is 42.6 Å². The summed E-state index contributed by atoms with van der Waals surface area (Å²) in [5.41, 5.74) is 0.618. The van der Waals surface area contributed by atoms with Crippen LogP contribution in [0.25, 0.3) is 0 Å². The summed E-state index contributed by atoms with van der Waals surface area (Å²) in [6.07, 6.45) is 5.23. The lowest BCUT2D eigenvalue weighted by atomic mass is 10.1. The Morgan fingerprint density at radius 1 is 1.65 bits per heavy atom. The lowest BCUT2D eigenvalue weighted by Gasteiger charge is -2.13. The van der Waals surface area contributed by atoms with Gasteiger partial charge in [0.05, 0.1) is 25.0 Å². The Labute approximate surface area is 127 Å². The number of rotatable bonds is 7. The molecule has 0 aliphatic carbocycles. The average Bonchev–Trinajstić information content (AvgIpc) is 2.96. The summed E-state index contributed by atoms with van der Waals surface area (Å²) in [5.74, 6) is 0. The lowest BCUT2D eigenvalue weighted by molar-refractivity contribution is 0.181. The monoisotopic (exact) mass is 344 g/mol. The SMILES string of the molecule is COCCn1ncc(NCC[C@@H]2CCCN2)c(Br)c1=O. The van der Waals surface area contributed by atoms with Gasteiger partial charge in [-0.3, -0.25) is 4.79 Å². The van der Waals surface area contributed by atoms with Crippen LogP contribution in [0.4, 0.5) is 5.69 Å². The second kappa shape index (κ2) is 7.75. The van der Waals surface area contributed by atoms with Crippen molar-refractivity contribution in [3.63, 3.8) is 0 Å². The summed E-state index contributed by atoms with van der Waals surface area (Å²) in [7, 11) is 1.60. The van der Waals surface area contributed by atoms with Crippen molar-refractivity contribution in [2.75, 3.05) is 32.1 Å². The average molecular weight is 345 g/mol. The van der Waals surface area contributed by atoms with Crippen LogP contribution < -0.4 is 16.2 Å². The topological polar surface area (TPSA) is 68.2 Å². The van der Waals surface area contributed by atoms with E-state index in [2.05, 4.69) is 31.7 Å². The summed E-state index contributed by atoms with van der Waals surface area (Å²) in [5, 5.41) is 10.9. The summed E-state index contributed by atoms with van der Waals surface area (Å²) in [4.78, 5) is 12.1. The zero-order valence-electron chi connectivity index (χ0n) is 11.7. The quantitative estimate of drug-likeness (QED) is 0.778. The smallest absolute Gasteiger partial charge is 0.283 e. The maximum absolute atomic E-state index is 12.1. The van der Waals surface area contributed by atoms with E-state index in [4.69, 9.17) is 4.74 Å². The van der Waals surface area contributed by atoms with Crippen LogP contribution in [0.15, 0.2) is 15.5 Å². The van der Waals surface area contributed by atoms with E-state index in [9.17, 15) is 4.79 Å². The fourth-order valence-corrected chi connectivity index (χ4v) is 2.76. The number of hydrogen-bond donors (Lipinski definition) is 2. The largest absolute Gasteiger partial charge is 0.383 e. The first kappa shape index (κ1) is 15.5. The molecule has 0 amide bonds. The Bertz CT molecular complexity index is 486. The molecule has 6 nitrogen and oxygen atoms in total. The van der Waals surface area contributed by atoms with Crippen LogP contribution in [0.1, 0.15) is 19.3 Å². The van der Waals surface area contributed by atoms with Crippen molar-refractivity contribution in [1.29, 1.82) is 0 Å². The number of anilines is 1. The molecule has 112 valence electrons. The van der Waals surface area contributed by atoms with E-state index in [1.807, 2.05) is 0 Å². The number of hydrogen-bond acceptors (Lipinski definition) is 5. The molecule has 7 heteroatoms. The lowest BCUT2D eigenvalue weighted by Crippen LogP contribution is -2.27. The third kappa shape index (κ3) is 4.04. The fraction of sp³-hybridized carbons (Fsp3) is 0.692. The summed E-state index contributed by atoms with van der Waals surface area (Å²) >= 11 is 3.34. The van der Waals surface area contributed by atoms with Gasteiger partial charge in [0.1, 0.15) is 4.47 Å². The third-order valence-electron chi connectivity index (χ3n) is 3.46. The molecule has 1 aromatic rings. The Morgan fingerprint density at radius 2 is 2.50 bits per heavy atom. The molecule has 0 radical (unpaired) electrons. The van der Waals surface area contributed by atoms with Crippen LogP contribution in [0.2, 0.25) is 0 Å². The molecule has 2 rings (SSSR count). The molecule has 1 aliphatic rings. The van der Waals surface area contributed by atoms with Gasteiger partial charge in [-0.2, -0.15) is 5.10 Å². The van der Waals surface area contributed by atoms with Crippen molar-refractivity contribution in [2.45, 2.75) is 31.8 Å². The number of nitrogens with zero attached hydrogens (tertiary/aromatic N) is 2. The molecule has 2 heterocycles. The van der Waals surface area contributed by atoms with Crippen LogP contribution in [0.5, 0.6) is 0 Å². The highest BCUT2D eigenvalue weighted by atomic mass is 79.9. The van der Waals surface area contributed by atoms with E-state index in [-0.39, 0.29) is 5.56 Å². The standard InChI is InChI=1S/C13H21BrN4O2/c1-20-8-7-18-13(19)12(14)11(9-17-18)16-6-4-10-3-2-5-15-10/h9-10,15-16H,2-8H2,1H3/t10-/m0/s1. The first-order valence-electron chi connectivity index (χ1n) is 6.94. The van der Waals surface area contributed by atoms with Crippen LogP contribution in [0, 0.1) is 0 Å². The maximum atomic E-state index is 12.1. The number of aromatic nitrogens is 2. The Morgan fingerprint density at radius 3 is 3.20 bits per heavy atom. The van der Waals surface area contributed by atoms with Gasteiger partial charge in [0.25, 0.3) is 5.56 Å². The van der Waals surface area contributed by atoms with E-state index in [1.165, 1.54) is 17.5 Å². The second-order valence-corrected chi connectivity index (χ2v) is 5.70. The summed E-state index contributed by atoms with van der Waals surface area (Å²) in [6, 6.07) is 0.594. The predicted molar refractivity (Wildman–Crippen MR) is 82.2 cm³/mol. The third-order valence-corrected chi connectivity index (χ3v) is 4.23. The van der Waals surface area contributed by atoms with E-state index in [0.29, 0.717) is 23.7 Å². The van der Waals surface area contributed by atoms with Crippen molar-refractivity contribution < 1.29 is 4.74 Å². The van der Waals surface area contributed by atoms with Crippen molar-refractivity contribution in [1.82, 2.24) is 15.1 Å². The Hall–Kier alpha value is -0.920. The van der Waals surface area contributed by atoms with Gasteiger partial charge >= 0.3 is 0 Å². The zero-order valence-corrected chi connectivity index (χ0v) is 13.3. The molecule has 0 aromatic carbocycles. The summed E-state index contributed by atoms with van der Waals surface area (Å²) in [6.45, 7) is 2.88. The Balaban J connectivity index is 1.91. The molecular formula is C13H21BrN4O2. The highest BCUT2D eigenvalue weighted by Gasteiger charge is 2.14. The Kier molecular flexibility index (Phi) is 6.00. The molecule has 1 aliphatic heterocycles. The number of methoxy groups -OCH3 is 1. The van der Waals surface area contributed by atoms with E-state index in [0.717, 1.165) is 25.2 Å². The minimum absolute atomic E-state index is 0.133. The van der Waals surface area contributed by atoms with E-state index < -0.39 is 0 Å². The van der Waals surface area contributed by atoms with Gasteiger partial charge < -0.3 is 15.4 Å². The highest BCUT2D eigenvalue weighted by Crippen LogP contribution is 2.16. The molecule has 20 heavy (non-hydrogen) atoms. The number of ether oxygens (including phenoxy) is 1. The minimum Gasteiger partial charge on any atom is -0.383 e. The van der Waals surface area contributed by atoms with Gasteiger partial charge in [-0.25, -0.2) is 4.68 Å². The minimum atomic E-state index is -0.133. The molecule has 1 atom stereocenters. The summed E-state index contributed by atoms with van der Waals surface area (Å²) < 4.78 is 6.89. The van der Waals surface area contributed by atoms with Gasteiger partial charge in [0.2, 0.25) is 0 Å². The van der Waals surface area contributed by atoms with Gasteiger partial charge in [-0.1, -0.05) is 0 Å². The molecular weight excluding hydrogens is 324 g/mol.